The Morgan fingerprint density at radius 1 is 1.40 bits per heavy atom. The third kappa shape index (κ3) is 1.53. The summed E-state index contributed by atoms with van der Waals surface area (Å²) in [6.45, 7) is 6.80. The Labute approximate surface area is 64.0 Å². The predicted molar refractivity (Wildman–Crippen MR) is 44.6 cm³/mol. The minimum absolute atomic E-state index is 0.260. The van der Waals surface area contributed by atoms with E-state index in [-0.39, 0.29) is 5.41 Å². The summed E-state index contributed by atoms with van der Waals surface area (Å²) < 4.78 is 0. The van der Waals surface area contributed by atoms with E-state index in [1.807, 2.05) is 0 Å². The molecule has 1 rings (SSSR count). The molecule has 1 atom stereocenters. The molecule has 0 amide bonds. The smallest absolute Gasteiger partial charge is 0.0283 e. The second-order valence-corrected chi connectivity index (χ2v) is 3.82. The summed E-state index contributed by atoms with van der Waals surface area (Å²) in [7, 11) is 0. The van der Waals surface area contributed by atoms with Crippen LogP contribution < -0.4 is 0 Å². The molecule has 0 aromatic rings. The van der Waals surface area contributed by atoms with E-state index in [1.54, 1.807) is 0 Å². The van der Waals surface area contributed by atoms with Gasteiger partial charge in [0.25, 0.3) is 0 Å². The van der Waals surface area contributed by atoms with Gasteiger partial charge in [0.2, 0.25) is 0 Å². The topological polar surface area (TPSA) is 0 Å². The van der Waals surface area contributed by atoms with Crippen molar-refractivity contribution in [3.63, 3.8) is 0 Å². The molecule has 0 aromatic carbocycles. The van der Waals surface area contributed by atoms with Crippen LogP contribution in [0.25, 0.3) is 0 Å². The first-order chi connectivity index (χ1) is 4.63. The van der Waals surface area contributed by atoms with E-state index in [0.717, 1.165) is 12.3 Å². The second-order valence-electron chi connectivity index (χ2n) is 3.82. The van der Waals surface area contributed by atoms with Crippen LogP contribution in [-0.4, -0.2) is 0 Å². The lowest BCUT2D eigenvalue weighted by Gasteiger charge is -2.24. The lowest BCUT2D eigenvalue weighted by atomic mass is 9.79. The van der Waals surface area contributed by atoms with Crippen LogP contribution in [0.15, 0.2) is 0 Å². The fourth-order valence-corrected chi connectivity index (χ4v) is 1.27. The highest BCUT2D eigenvalue weighted by atomic mass is 14.3. The maximum Gasteiger partial charge on any atom is 0.0283 e. The molecule has 0 bridgehead atoms. The van der Waals surface area contributed by atoms with E-state index < -0.39 is 0 Å². The standard InChI is InChI=1S/C10H16/c1-9-7-5-4-6-8-10(9,2)3/h9H,4-5,7H2,1-3H3. The molecule has 0 radical (unpaired) electrons. The van der Waals surface area contributed by atoms with Gasteiger partial charge in [-0.2, -0.15) is 0 Å². The summed E-state index contributed by atoms with van der Waals surface area (Å²) in [5.41, 5.74) is 0.260. The van der Waals surface area contributed by atoms with Crippen LogP contribution in [0.4, 0.5) is 0 Å². The quantitative estimate of drug-likeness (QED) is 0.449. The average molecular weight is 136 g/mol. The van der Waals surface area contributed by atoms with Crippen LogP contribution in [0.2, 0.25) is 0 Å². The molecule has 1 unspecified atom stereocenters. The van der Waals surface area contributed by atoms with Gasteiger partial charge in [-0.25, -0.2) is 0 Å². The van der Waals surface area contributed by atoms with Crippen molar-refractivity contribution in [3.05, 3.63) is 0 Å². The molecule has 0 aromatic heterocycles. The summed E-state index contributed by atoms with van der Waals surface area (Å²) in [6.07, 6.45) is 3.72. The molecule has 0 fully saturated rings. The van der Waals surface area contributed by atoms with Gasteiger partial charge in [-0.3, -0.25) is 0 Å². The molecule has 0 aliphatic heterocycles. The second kappa shape index (κ2) is 2.66. The van der Waals surface area contributed by atoms with Gasteiger partial charge >= 0.3 is 0 Å². The Balaban J connectivity index is 2.72. The van der Waals surface area contributed by atoms with Gasteiger partial charge < -0.3 is 0 Å². The molecule has 10 heavy (non-hydrogen) atoms. The molecule has 0 spiro atoms. The molecule has 0 N–H and O–H groups in total. The first-order valence-corrected chi connectivity index (χ1v) is 4.13. The van der Waals surface area contributed by atoms with Crippen molar-refractivity contribution in [3.8, 4) is 11.8 Å². The lowest BCUT2D eigenvalue weighted by Crippen LogP contribution is -2.18. The van der Waals surface area contributed by atoms with Gasteiger partial charge in [0.05, 0.1) is 0 Å². The van der Waals surface area contributed by atoms with Gasteiger partial charge in [0, 0.05) is 11.8 Å². The zero-order chi connectivity index (χ0) is 7.61. The molecule has 0 nitrogen and oxygen atoms in total. The monoisotopic (exact) mass is 136 g/mol. The van der Waals surface area contributed by atoms with E-state index in [4.69, 9.17) is 0 Å². The molecule has 0 saturated carbocycles. The third-order valence-corrected chi connectivity index (χ3v) is 2.58. The maximum absolute atomic E-state index is 3.32. The highest BCUT2D eigenvalue weighted by molar-refractivity contribution is 5.12. The van der Waals surface area contributed by atoms with E-state index >= 15 is 0 Å². The summed E-state index contributed by atoms with van der Waals surface area (Å²) >= 11 is 0. The molecule has 0 heteroatoms. The Morgan fingerprint density at radius 3 is 2.80 bits per heavy atom. The van der Waals surface area contributed by atoms with Crippen molar-refractivity contribution in [2.75, 3.05) is 0 Å². The number of rotatable bonds is 0. The van der Waals surface area contributed by atoms with Crippen LogP contribution in [0.1, 0.15) is 40.0 Å². The van der Waals surface area contributed by atoms with Crippen molar-refractivity contribution in [2.24, 2.45) is 11.3 Å². The minimum atomic E-state index is 0.260. The normalized spacial score (nSPS) is 30.1. The largest absolute Gasteiger partial charge is 0.103 e. The first-order valence-electron chi connectivity index (χ1n) is 4.13. The van der Waals surface area contributed by atoms with Crippen LogP contribution in [0.3, 0.4) is 0 Å². The summed E-state index contributed by atoms with van der Waals surface area (Å²) in [6, 6.07) is 0. The third-order valence-electron chi connectivity index (χ3n) is 2.58. The van der Waals surface area contributed by atoms with Crippen molar-refractivity contribution in [1.29, 1.82) is 0 Å². The summed E-state index contributed by atoms with van der Waals surface area (Å²) in [4.78, 5) is 0. The Kier molecular flexibility index (Phi) is 2.04. The zero-order valence-corrected chi connectivity index (χ0v) is 7.20. The number of hydrogen-bond donors (Lipinski definition) is 0. The van der Waals surface area contributed by atoms with Crippen LogP contribution in [0.5, 0.6) is 0 Å². The Hall–Kier alpha value is -0.440. The predicted octanol–water partition coefficient (Wildman–Crippen LogP) is 2.84. The van der Waals surface area contributed by atoms with Crippen molar-refractivity contribution >= 4 is 0 Å². The maximum atomic E-state index is 3.32. The number of hydrogen-bond acceptors (Lipinski definition) is 0. The molecular formula is C10H16. The average Bonchev–Trinajstić information content (AvgIpc) is 1.96. The molecule has 1 aliphatic carbocycles. The molecule has 0 heterocycles. The molecular weight excluding hydrogens is 120 g/mol. The van der Waals surface area contributed by atoms with E-state index in [2.05, 4.69) is 32.6 Å². The van der Waals surface area contributed by atoms with Gasteiger partial charge in [-0.1, -0.05) is 12.8 Å². The molecule has 56 valence electrons. The van der Waals surface area contributed by atoms with Gasteiger partial charge in [0.15, 0.2) is 0 Å². The van der Waals surface area contributed by atoms with E-state index in [0.29, 0.717) is 0 Å². The van der Waals surface area contributed by atoms with Crippen LogP contribution in [-0.2, 0) is 0 Å². The zero-order valence-electron chi connectivity index (χ0n) is 7.20. The van der Waals surface area contributed by atoms with E-state index in [1.165, 1.54) is 12.8 Å². The van der Waals surface area contributed by atoms with Gasteiger partial charge in [-0.05, 0) is 32.6 Å². The minimum Gasteiger partial charge on any atom is -0.103 e. The highest BCUT2D eigenvalue weighted by Gasteiger charge is 2.23. The Morgan fingerprint density at radius 2 is 2.10 bits per heavy atom. The lowest BCUT2D eigenvalue weighted by molar-refractivity contribution is 0.304. The highest BCUT2D eigenvalue weighted by Crippen LogP contribution is 2.31. The van der Waals surface area contributed by atoms with Crippen LogP contribution in [0, 0.1) is 23.2 Å². The molecule has 0 saturated heterocycles. The first kappa shape index (κ1) is 7.66. The van der Waals surface area contributed by atoms with Crippen LogP contribution >= 0.6 is 0 Å². The summed E-state index contributed by atoms with van der Waals surface area (Å²) in [5, 5.41) is 0. The fraction of sp³-hybridized carbons (Fsp3) is 0.800. The van der Waals surface area contributed by atoms with Gasteiger partial charge in [-0.15, -0.1) is 5.92 Å². The van der Waals surface area contributed by atoms with E-state index in [9.17, 15) is 0 Å². The molecule has 1 aliphatic rings. The SMILES string of the molecule is CC1CCCC#CC1(C)C. The summed E-state index contributed by atoms with van der Waals surface area (Å²) in [5.74, 6) is 7.30. The van der Waals surface area contributed by atoms with Crippen molar-refractivity contribution in [1.82, 2.24) is 0 Å². The van der Waals surface area contributed by atoms with Crippen molar-refractivity contribution < 1.29 is 0 Å². The van der Waals surface area contributed by atoms with Crippen molar-refractivity contribution in [2.45, 2.75) is 40.0 Å². The van der Waals surface area contributed by atoms with Gasteiger partial charge in [0.1, 0.15) is 0 Å². The Bertz CT molecular complexity index is 166. The fourth-order valence-electron chi connectivity index (χ4n) is 1.27.